The smallest absolute Gasteiger partial charge is 0.326 e. The fourth-order valence-corrected chi connectivity index (χ4v) is 3.62. The van der Waals surface area contributed by atoms with Gasteiger partial charge in [-0.1, -0.05) is 0 Å². The first-order valence-electron chi connectivity index (χ1n) is 10.4. The lowest BCUT2D eigenvalue weighted by Crippen LogP contribution is -2.58. The third kappa shape index (κ3) is 13.3. The predicted molar refractivity (Wildman–Crippen MR) is 130 cm³/mol. The minimum absolute atomic E-state index is 0.218. The van der Waals surface area contributed by atoms with E-state index in [1.54, 1.807) is 0 Å². The number of carbonyl (C=O) groups is 6. The van der Waals surface area contributed by atoms with Gasteiger partial charge in [0.15, 0.2) is 0 Å². The monoisotopic (exact) mass is 522 g/mol. The summed E-state index contributed by atoms with van der Waals surface area (Å²) >= 11 is 2.95. The fourth-order valence-electron chi connectivity index (χ4n) is 2.66. The number of aliphatic carboxylic acids is 1. The molecule has 4 atom stereocenters. The van der Waals surface area contributed by atoms with Crippen LogP contribution in [-0.4, -0.2) is 88.8 Å². The van der Waals surface area contributed by atoms with Crippen LogP contribution in [-0.2, 0) is 28.8 Å². The van der Waals surface area contributed by atoms with E-state index in [9.17, 15) is 33.9 Å². The first-order chi connectivity index (χ1) is 15.9. The summed E-state index contributed by atoms with van der Waals surface area (Å²) in [6.45, 7) is 0. The number of rotatable bonds is 18. The molecule has 0 fully saturated rings. The highest BCUT2D eigenvalue weighted by atomic mass is 32.2. The summed E-state index contributed by atoms with van der Waals surface area (Å²) in [7, 11) is 0. The second-order valence-corrected chi connectivity index (χ2v) is 9.34. The summed E-state index contributed by atoms with van der Waals surface area (Å²) in [6.07, 6.45) is 3.09. The number of carbonyl (C=O) groups excluding carboxylic acids is 5. The Labute approximate surface area is 206 Å². The average molecular weight is 523 g/mol. The van der Waals surface area contributed by atoms with E-state index < -0.39 is 66.1 Å². The third-order valence-corrected chi connectivity index (χ3v) is 5.83. The zero-order valence-corrected chi connectivity index (χ0v) is 20.8. The molecule has 0 aliphatic rings. The van der Waals surface area contributed by atoms with Gasteiger partial charge in [0.25, 0.3) is 0 Å². The molecule has 0 aromatic carbocycles. The van der Waals surface area contributed by atoms with Crippen molar-refractivity contribution in [1.82, 2.24) is 16.0 Å². The number of carboxylic acid groups (broad SMARTS) is 1. The number of nitrogens with one attached hydrogen (secondary N) is 3. The largest absolute Gasteiger partial charge is 0.480 e. The Hall–Kier alpha value is -2.52. The van der Waals surface area contributed by atoms with Crippen LogP contribution >= 0.6 is 23.5 Å². The van der Waals surface area contributed by atoms with Crippen LogP contribution in [0.15, 0.2) is 0 Å². The summed E-state index contributed by atoms with van der Waals surface area (Å²) in [4.78, 5) is 71.7. The van der Waals surface area contributed by atoms with E-state index >= 15 is 0 Å². The molecular formula is C19H34N6O7S2. The molecule has 15 heteroatoms. The molecule has 0 heterocycles. The van der Waals surface area contributed by atoms with Gasteiger partial charge in [0, 0.05) is 6.42 Å². The zero-order valence-electron chi connectivity index (χ0n) is 19.2. The van der Waals surface area contributed by atoms with Crippen LogP contribution in [0.3, 0.4) is 0 Å². The summed E-state index contributed by atoms with van der Waals surface area (Å²) in [5.74, 6) is -4.25. The van der Waals surface area contributed by atoms with Crippen molar-refractivity contribution in [2.24, 2.45) is 17.2 Å². The Kier molecular flexibility index (Phi) is 15.7. The van der Waals surface area contributed by atoms with Crippen LogP contribution in [0.4, 0.5) is 0 Å². The predicted octanol–water partition coefficient (Wildman–Crippen LogP) is -2.50. The lowest BCUT2D eigenvalue weighted by atomic mass is 10.1. The highest BCUT2D eigenvalue weighted by Gasteiger charge is 2.31. The zero-order chi connectivity index (χ0) is 26.3. The molecule has 5 amide bonds. The molecule has 0 saturated heterocycles. The van der Waals surface area contributed by atoms with Crippen LogP contribution in [0.5, 0.6) is 0 Å². The van der Waals surface area contributed by atoms with Crippen molar-refractivity contribution in [2.75, 3.05) is 24.0 Å². The molecule has 194 valence electrons. The first kappa shape index (κ1) is 31.5. The Morgan fingerprint density at radius 1 is 0.735 bits per heavy atom. The second kappa shape index (κ2) is 17.0. The highest BCUT2D eigenvalue weighted by Crippen LogP contribution is 2.06. The van der Waals surface area contributed by atoms with Gasteiger partial charge in [0.05, 0.1) is 12.5 Å². The Morgan fingerprint density at radius 3 is 1.74 bits per heavy atom. The highest BCUT2D eigenvalue weighted by molar-refractivity contribution is 7.98. The van der Waals surface area contributed by atoms with Gasteiger partial charge >= 0.3 is 5.97 Å². The van der Waals surface area contributed by atoms with Gasteiger partial charge < -0.3 is 38.3 Å². The van der Waals surface area contributed by atoms with Crippen molar-refractivity contribution < 1.29 is 33.9 Å². The molecule has 0 rings (SSSR count). The van der Waals surface area contributed by atoms with Crippen LogP contribution in [0, 0.1) is 0 Å². The number of hydrogen-bond acceptors (Lipinski definition) is 9. The third-order valence-electron chi connectivity index (χ3n) is 4.55. The minimum Gasteiger partial charge on any atom is -0.480 e. The van der Waals surface area contributed by atoms with Gasteiger partial charge in [-0.2, -0.15) is 23.5 Å². The van der Waals surface area contributed by atoms with Crippen molar-refractivity contribution >= 4 is 59.0 Å². The Balaban J connectivity index is 5.44. The maximum absolute atomic E-state index is 12.9. The van der Waals surface area contributed by atoms with Gasteiger partial charge in [-0.05, 0) is 43.3 Å². The minimum atomic E-state index is -1.50. The standard InChI is InChI=1S/C19H34N6O7S2/c1-33-7-5-10(20)16(28)23-11(6-8-34-2)17(29)25-13(9-15(22)27)18(30)24-12(19(31)32)3-4-14(21)26/h10-13H,3-9,20H2,1-2H3,(H2,21,26)(H2,22,27)(H,23,28)(H,24,30)(H,25,29)(H,31,32). The molecule has 34 heavy (non-hydrogen) atoms. The van der Waals surface area contributed by atoms with Gasteiger partial charge in [0.1, 0.15) is 18.1 Å². The van der Waals surface area contributed by atoms with Gasteiger partial charge in [-0.25, -0.2) is 4.79 Å². The van der Waals surface area contributed by atoms with Crippen LogP contribution < -0.4 is 33.2 Å². The lowest BCUT2D eigenvalue weighted by Gasteiger charge is -2.24. The fraction of sp³-hybridized carbons (Fsp3) is 0.684. The topological polar surface area (TPSA) is 237 Å². The molecule has 0 radical (unpaired) electrons. The van der Waals surface area contributed by atoms with E-state index in [1.165, 1.54) is 23.5 Å². The van der Waals surface area contributed by atoms with E-state index in [4.69, 9.17) is 17.2 Å². The van der Waals surface area contributed by atoms with Gasteiger partial charge in [-0.3, -0.25) is 24.0 Å². The van der Waals surface area contributed by atoms with Crippen molar-refractivity contribution in [3.63, 3.8) is 0 Å². The number of amides is 5. The molecule has 0 bridgehead atoms. The number of hydrogen-bond donors (Lipinski definition) is 7. The number of thioether (sulfide) groups is 2. The normalized spacial score (nSPS) is 14.2. The molecule has 10 N–H and O–H groups in total. The quantitative estimate of drug-likeness (QED) is 0.0998. The first-order valence-corrected chi connectivity index (χ1v) is 13.2. The summed E-state index contributed by atoms with van der Waals surface area (Å²) < 4.78 is 0. The van der Waals surface area contributed by atoms with E-state index in [-0.39, 0.29) is 19.3 Å². The molecule has 0 aromatic rings. The van der Waals surface area contributed by atoms with Gasteiger partial charge in [0.2, 0.25) is 29.5 Å². The molecule has 0 aliphatic heterocycles. The maximum atomic E-state index is 12.9. The Morgan fingerprint density at radius 2 is 1.24 bits per heavy atom. The molecule has 0 aromatic heterocycles. The van der Waals surface area contributed by atoms with Crippen LogP contribution in [0.25, 0.3) is 0 Å². The second-order valence-electron chi connectivity index (χ2n) is 7.37. The van der Waals surface area contributed by atoms with E-state index in [0.717, 1.165) is 0 Å². The summed E-state index contributed by atoms with van der Waals surface area (Å²) in [6, 6.07) is -4.86. The molecule has 4 unspecified atom stereocenters. The van der Waals surface area contributed by atoms with Crippen LogP contribution in [0.1, 0.15) is 32.1 Å². The molecule has 13 nitrogen and oxygen atoms in total. The van der Waals surface area contributed by atoms with Crippen LogP contribution in [0.2, 0.25) is 0 Å². The SMILES string of the molecule is CSCCC(N)C(=O)NC(CCSC)C(=O)NC(CC(N)=O)C(=O)NC(CCC(N)=O)C(=O)O. The molecular weight excluding hydrogens is 488 g/mol. The van der Waals surface area contributed by atoms with Gasteiger partial charge in [-0.15, -0.1) is 0 Å². The van der Waals surface area contributed by atoms with Crippen molar-refractivity contribution in [1.29, 1.82) is 0 Å². The lowest BCUT2D eigenvalue weighted by molar-refractivity contribution is -0.142. The van der Waals surface area contributed by atoms with Crippen molar-refractivity contribution in [2.45, 2.75) is 56.3 Å². The number of primary amides is 2. The number of nitrogens with two attached hydrogens (primary N) is 3. The average Bonchev–Trinajstić information content (AvgIpc) is 2.75. The maximum Gasteiger partial charge on any atom is 0.326 e. The van der Waals surface area contributed by atoms with E-state index in [0.29, 0.717) is 17.9 Å². The summed E-state index contributed by atoms with van der Waals surface area (Å²) in [5.41, 5.74) is 16.0. The Bertz CT molecular complexity index is 740. The number of carboxylic acids is 1. The van der Waals surface area contributed by atoms with E-state index in [1.807, 2.05) is 12.5 Å². The van der Waals surface area contributed by atoms with E-state index in [2.05, 4.69) is 16.0 Å². The molecule has 0 aliphatic carbocycles. The molecule has 0 saturated carbocycles. The summed E-state index contributed by atoms with van der Waals surface area (Å²) in [5, 5.41) is 16.3. The van der Waals surface area contributed by atoms with Crippen molar-refractivity contribution in [3.8, 4) is 0 Å². The van der Waals surface area contributed by atoms with Crippen molar-refractivity contribution in [3.05, 3.63) is 0 Å². The molecule has 0 spiro atoms.